The van der Waals surface area contributed by atoms with Gasteiger partial charge in [-0.1, -0.05) is 36.4 Å². The second-order valence-electron chi connectivity index (χ2n) is 7.21. The summed E-state index contributed by atoms with van der Waals surface area (Å²) in [5.74, 6) is 0.443. The van der Waals surface area contributed by atoms with Crippen LogP contribution in [0.2, 0.25) is 0 Å². The van der Waals surface area contributed by atoms with Crippen molar-refractivity contribution in [3.05, 3.63) is 66.1 Å². The number of nitrogens with zero attached hydrogens (tertiary/aromatic N) is 5. The topological polar surface area (TPSA) is 94.8 Å². The highest BCUT2D eigenvalue weighted by Gasteiger charge is 2.23. The summed E-state index contributed by atoms with van der Waals surface area (Å²) in [6.45, 7) is 0.335. The van der Waals surface area contributed by atoms with Gasteiger partial charge < -0.3 is 10.1 Å². The van der Waals surface area contributed by atoms with E-state index in [1.54, 1.807) is 6.20 Å². The molecule has 1 aliphatic rings. The molecule has 0 radical (unpaired) electrons. The molecule has 0 bridgehead atoms. The highest BCUT2D eigenvalue weighted by atomic mass is 16.5. The summed E-state index contributed by atoms with van der Waals surface area (Å²) < 4.78 is 7.55. The molecule has 2 aromatic heterocycles. The van der Waals surface area contributed by atoms with Gasteiger partial charge in [0.05, 0.1) is 0 Å². The highest BCUT2D eigenvalue weighted by Crippen LogP contribution is 2.25. The summed E-state index contributed by atoms with van der Waals surface area (Å²) in [6.07, 6.45) is 8.39. The van der Waals surface area contributed by atoms with Crippen LogP contribution in [0.1, 0.15) is 42.9 Å². The predicted octanol–water partition coefficient (Wildman–Crippen LogP) is 2.49. The lowest BCUT2D eigenvalue weighted by atomic mass is 10.1. The van der Waals surface area contributed by atoms with Crippen LogP contribution in [0.15, 0.2) is 55.0 Å². The van der Waals surface area contributed by atoms with Gasteiger partial charge in [0.2, 0.25) is 11.8 Å². The first-order valence-electron chi connectivity index (χ1n) is 9.94. The minimum Gasteiger partial charge on any atom is -0.474 e. The smallest absolute Gasteiger partial charge is 0.245 e. The van der Waals surface area contributed by atoms with Crippen molar-refractivity contribution in [3.8, 4) is 5.88 Å². The van der Waals surface area contributed by atoms with Gasteiger partial charge in [0.25, 0.3) is 0 Å². The predicted molar refractivity (Wildman–Crippen MR) is 106 cm³/mol. The molecule has 29 heavy (non-hydrogen) atoms. The van der Waals surface area contributed by atoms with Gasteiger partial charge >= 0.3 is 0 Å². The zero-order valence-electron chi connectivity index (χ0n) is 16.1. The van der Waals surface area contributed by atoms with E-state index in [-0.39, 0.29) is 12.0 Å². The molecule has 0 spiro atoms. The molecule has 0 aliphatic heterocycles. The fraction of sp³-hybridized carbons (Fsp3) is 0.381. The Morgan fingerprint density at radius 2 is 2.00 bits per heavy atom. The number of ether oxygens (including phenoxy) is 1. The molecule has 0 saturated heterocycles. The van der Waals surface area contributed by atoms with E-state index >= 15 is 0 Å². The number of amides is 1. The van der Waals surface area contributed by atoms with Crippen molar-refractivity contribution in [2.24, 2.45) is 0 Å². The Morgan fingerprint density at radius 3 is 2.76 bits per heavy atom. The molecule has 1 amide bonds. The Labute approximate surface area is 169 Å². The quantitative estimate of drug-likeness (QED) is 0.633. The molecule has 1 saturated carbocycles. The number of hydrogen-bond donors (Lipinski definition) is 1. The lowest BCUT2D eigenvalue weighted by Crippen LogP contribution is -2.34. The Kier molecular flexibility index (Phi) is 6.09. The Morgan fingerprint density at radius 1 is 1.17 bits per heavy atom. The van der Waals surface area contributed by atoms with Crippen LogP contribution in [-0.2, 0) is 17.8 Å². The van der Waals surface area contributed by atoms with Gasteiger partial charge in [-0.25, -0.2) is 9.67 Å². The standard InChI is InChI=1S/C21H24N6O2/c28-20(19(27-15-24-25-26-27)13-16-7-2-1-3-8-16)23-14-17-9-6-12-22-21(17)29-18-10-4-5-11-18/h1-3,6-9,12,15,18-19H,4-5,10-11,13-14H2,(H,23,28). The molecule has 150 valence electrons. The monoisotopic (exact) mass is 392 g/mol. The lowest BCUT2D eigenvalue weighted by molar-refractivity contribution is -0.124. The number of hydrogen-bond acceptors (Lipinski definition) is 6. The van der Waals surface area contributed by atoms with Gasteiger partial charge in [-0.3, -0.25) is 4.79 Å². The van der Waals surface area contributed by atoms with Crippen LogP contribution < -0.4 is 10.1 Å². The molecule has 1 aromatic carbocycles. The van der Waals surface area contributed by atoms with E-state index in [1.165, 1.54) is 23.9 Å². The normalized spacial score (nSPS) is 15.2. The summed E-state index contributed by atoms with van der Waals surface area (Å²) in [5.41, 5.74) is 1.90. The van der Waals surface area contributed by atoms with Crippen LogP contribution in [0.4, 0.5) is 0 Å². The molecule has 1 unspecified atom stereocenters. The van der Waals surface area contributed by atoms with E-state index in [0.29, 0.717) is 18.8 Å². The highest BCUT2D eigenvalue weighted by molar-refractivity contribution is 5.80. The van der Waals surface area contributed by atoms with Crippen molar-refractivity contribution in [1.29, 1.82) is 0 Å². The second kappa shape index (κ2) is 9.27. The number of nitrogens with one attached hydrogen (secondary N) is 1. The minimum atomic E-state index is -0.539. The third kappa shape index (κ3) is 4.96. The second-order valence-corrected chi connectivity index (χ2v) is 7.21. The third-order valence-corrected chi connectivity index (χ3v) is 5.14. The zero-order valence-corrected chi connectivity index (χ0v) is 16.1. The third-order valence-electron chi connectivity index (χ3n) is 5.14. The number of pyridine rings is 1. The summed E-state index contributed by atoms with van der Waals surface area (Å²) >= 11 is 0. The minimum absolute atomic E-state index is 0.156. The van der Waals surface area contributed by atoms with E-state index in [0.717, 1.165) is 24.0 Å². The number of carbonyl (C=O) groups excluding carboxylic acids is 1. The average molecular weight is 392 g/mol. The number of carbonyl (C=O) groups is 1. The first kappa shape index (κ1) is 19.0. The van der Waals surface area contributed by atoms with Gasteiger partial charge in [0, 0.05) is 24.7 Å². The van der Waals surface area contributed by atoms with Crippen LogP contribution in [0.3, 0.4) is 0 Å². The first-order valence-corrected chi connectivity index (χ1v) is 9.94. The molecule has 1 N–H and O–H groups in total. The van der Waals surface area contributed by atoms with Crippen LogP contribution >= 0.6 is 0 Å². The SMILES string of the molecule is O=C(NCc1cccnc1OC1CCCC1)C(Cc1ccccc1)n1cnnn1. The van der Waals surface area contributed by atoms with Crippen LogP contribution in [-0.4, -0.2) is 37.2 Å². The number of benzene rings is 1. The van der Waals surface area contributed by atoms with Crippen LogP contribution in [0.25, 0.3) is 0 Å². The van der Waals surface area contributed by atoms with Crippen molar-refractivity contribution in [1.82, 2.24) is 30.5 Å². The molecule has 3 aromatic rings. The van der Waals surface area contributed by atoms with Crippen molar-refractivity contribution < 1.29 is 9.53 Å². The van der Waals surface area contributed by atoms with Gasteiger partial charge in [-0.05, 0) is 47.7 Å². The van der Waals surface area contributed by atoms with Gasteiger partial charge in [-0.15, -0.1) is 5.10 Å². The first-order chi connectivity index (χ1) is 14.3. The van der Waals surface area contributed by atoms with E-state index in [2.05, 4.69) is 25.8 Å². The summed E-state index contributed by atoms with van der Waals surface area (Å²) in [7, 11) is 0. The van der Waals surface area contributed by atoms with Crippen molar-refractivity contribution >= 4 is 5.91 Å². The fourth-order valence-corrected chi connectivity index (χ4v) is 3.58. The Bertz CT molecular complexity index is 910. The van der Waals surface area contributed by atoms with Gasteiger partial charge in [-0.2, -0.15) is 0 Å². The van der Waals surface area contributed by atoms with Crippen molar-refractivity contribution in [2.45, 2.75) is 50.8 Å². The maximum absolute atomic E-state index is 13.0. The Hall–Kier alpha value is -3.29. The molecule has 8 nitrogen and oxygen atoms in total. The van der Waals surface area contributed by atoms with Crippen LogP contribution in [0.5, 0.6) is 5.88 Å². The maximum Gasteiger partial charge on any atom is 0.245 e. The average Bonchev–Trinajstić information content (AvgIpc) is 3.46. The molecule has 2 heterocycles. The van der Waals surface area contributed by atoms with E-state index < -0.39 is 6.04 Å². The molecule has 4 rings (SSSR count). The van der Waals surface area contributed by atoms with Gasteiger partial charge in [0.1, 0.15) is 18.5 Å². The molecule has 1 atom stereocenters. The van der Waals surface area contributed by atoms with Gasteiger partial charge in [0.15, 0.2) is 0 Å². The van der Waals surface area contributed by atoms with E-state index in [1.807, 2.05) is 42.5 Å². The molecule has 1 aliphatic carbocycles. The maximum atomic E-state index is 13.0. The number of rotatable bonds is 8. The number of tetrazole rings is 1. The number of aromatic nitrogens is 5. The van der Waals surface area contributed by atoms with E-state index in [9.17, 15) is 4.79 Å². The van der Waals surface area contributed by atoms with Crippen molar-refractivity contribution in [3.63, 3.8) is 0 Å². The van der Waals surface area contributed by atoms with Crippen molar-refractivity contribution in [2.75, 3.05) is 0 Å². The summed E-state index contributed by atoms with van der Waals surface area (Å²) in [6, 6.07) is 13.1. The summed E-state index contributed by atoms with van der Waals surface area (Å²) in [5, 5.41) is 14.3. The Balaban J connectivity index is 1.44. The largest absolute Gasteiger partial charge is 0.474 e. The molecular formula is C21H24N6O2. The van der Waals surface area contributed by atoms with Crippen LogP contribution in [0, 0.1) is 0 Å². The molecule has 8 heteroatoms. The molecule has 1 fully saturated rings. The zero-order chi connectivity index (χ0) is 19.9. The van der Waals surface area contributed by atoms with E-state index in [4.69, 9.17) is 4.74 Å². The fourth-order valence-electron chi connectivity index (χ4n) is 3.58. The lowest BCUT2D eigenvalue weighted by Gasteiger charge is -2.18. The summed E-state index contributed by atoms with van der Waals surface area (Å²) in [4.78, 5) is 17.4. The molecular weight excluding hydrogens is 368 g/mol.